The van der Waals surface area contributed by atoms with Gasteiger partial charge in [-0.1, -0.05) is 0 Å². The van der Waals surface area contributed by atoms with Gasteiger partial charge >= 0.3 is 0 Å². The Balaban J connectivity index is 2.87. The summed E-state index contributed by atoms with van der Waals surface area (Å²) in [7, 11) is -0.162. The number of likely N-dealkylation sites (N-methyl/N-ethyl adjacent to an activating group) is 2. The van der Waals surface area contributed by atoms with E-state index in [1.54, 1.807) is 4.90 Å². The van der Waals surface area contributed by atoms with Crippen molar-refractivity contribution in [3.05, 3.63) is 0 Å². The maximum Gasteiger partial charge on any atom is 0.241 e. The molecular weight excluding hydrogens is 166 g/mol. The predicted octanol–water partition coefficient (Wildman–Crippen LogP) is 0.110. The van der Waals surface area contributed by atoms with E-state index in [1.807, 2.05) is 6.07 Å². The molecular formula is C9H15N3O. The lowest BCUT2D eigenvalue weighted by Gasteiger charge is -2.31. The molecule has 1 saturated heterocycles. The minimum absolute atomic E-state index is 0.0209. The van der Waals surface area contributed by atoms with Crippen LogP contribution in [0.2, 0.25) is 0 Å². The van der Waals surface area contributed by atoms with E-state index >= 15 is 0 Å². The van der Waals surface area contributed by atoms with Gasteiger partial charge in [-0.25, -0.2) is 0 Å². The van der Waals surface area contributed by atoms with Gasteiger partial charge < -0.3 is 5.32 Å². The van der Waals surface area contributed by atoms with Gasteiger partial charge in [-0.2, -0.15) is 5.26 Å². The number of carbonyl (C=O) groups excluding carboxylic acids is 1. The second-order valence-electron chi connectivity index (χ2n) is 3.24. The molecule has 1 amide bonds. The summed E-state index contributed by atoms with van der Waals surface area (Å²) in [6.07, 6.45) is 1.52. The van der Waals surface area contributed by atoms with Gasteiger partial charge in [0, 0.05) is 9.77 Å². The molecule has 1 N–H and O–H groups in total. The predicted molar refractivity (Wildman–Crippen MR) is 48.9 cm³/mol. The van der Waals surface area contributed by atoms with Crippen LogP contribution in [-0.2, 0) is 4.79 Å². The van der Waals surface area contributed by atoms with Crippen LogP contribution in [0.4, 0.5) is 0 Å². The molecule has 1 aliphatic heterocycles. The molecule has 1 aliphatic rings. The Labute approximate surface area is 81.3 Å². The molecule has 0 bridgehead atoms. The van der Waals surface area contributed by atoms with Crippen LogP contribution >= 0.6 is 0 Å². The van der Waals surface area contributed by atoms with Gasteiger partial charge in [-0.3, -0.25) is 9.69 Å². The van der Waals surface area contributed by atoms with Crippen molar-refractivity contribution in [1.29, 1.82) is 5.26 Å². The fourth-order valence-corrected chi connectivity index (χ4v) is 1.77. The first-order valence-corrected chi connectivity index (χ1v) is 4.20. The van der Waals surface area contributed by atoms with Gasteiger partial charge in [0.05, 0.1) is 12.5 Å². The number of rotatable bonds is 2. The van der Waals surface area contributed by atoms with E-state index in [-0.39, 0.29) is 26.4 Å². The molecule has 0 aliphatic carbocycles. The first kappa shape index (κ1) is 7.34. The number of nitriles is 1. The molecule has 13 heavy (non-hydrogen) atoms. The quantitative estimate of drug-likeness (QED) is 0.661. The van der Waals surface area contributed by atoms with Crippen LogP contribution in [0, 0.1) is 11.3 Å². The first-order chi connectivity index (χ1) is 7.21. The molecule has 72 valence electrons. The Bertz CT molecular complexity index is 279. The van der Waals surface area contributed by atoms with Crippen molar-refractivity contribution in [1.82, 2.24) is 10.2 Å². The van der Waals surface area contributed by atoms with Crippen LogP contribution in [0.1, 0.15) is 22.0 Å². The average Bonchev–Trinajstić information content (AvgIpc) is 2.63. The van der Waals surface area contributed by atoms with E-state index in [0.717, 1.165) is 6.42 Å². The molecule has 1 heterocycles. The highest BCUT2D eigenvalue weighted by Gasteiger charge is 2.44. The number of amides is 1. The maximum absolute atomic E-state index is 11.8. The van der Waals surface area contributed by atoms with Crippen LogP contribution in [0.15, 0.2) is 0 Å². The highest BCUT2D eigenvalue weighted by molar-refractivity contribution is 5.86. The molecule has 1 rings (SSSR count). The Morgan fingerprint density at radius 2 is 2.77 bits per heavy atom. The summed E-state index contributed by atoms with van der Waals surface area (Å²) in [5.74, 6) is -0.288. The van der Waals surface area contributed by atoms with Gasteiger partial charge in [-0.15, -0.1) is 0 Å². The minimum atomic E-state index is -0.864. The van der Waals surface area contributed by atoms with Gasteiger partial charge in [0.15, 0.2) is 0 Å². The second kappa shape index (κ2) is 3.75. The van der Waals surface area contributed by atoms with Crippen LogP contribution < -0.4 is 5.32 Å². The zero-order valence-electron chi connectivity index (χ0n) is 9.55. The zero-order valence-corrected chi connectivity index (χ0v) is 7.55. The molecule has 0 aromatic carbocycles. The number of hydrogen-bond acceptors (Lipinski definition) is 3. The monoisotopic (exact) mass is 183 g/mol. The van der Waals surface area contributed by atoms with Crippen molar-refractivity contribution < 1.29 is 7.54 Å². The lowest BCUT2D eigenvalue weighted by atomic mass is 9.92. The fourth-order valence-electron chi connectivity index (χ4n) is 1.77. The third-order valence-corrected chi connectivity index (χ3v) is 2.58. The molecule has 0 saturated carbocycles. The zero-order chi connectivity index (χ0) is 11.3. The Morgan fingerprint density at radius 3 is 3.38 bits per heavy atom. The van der Waals surface area contributed by atoms with Crippen molar-refractivity contribution in [3.8, 4) is 6.07 Å². The number of nitrogens with one attached hydrogen (secondary N) is 1. The lowest BCUT2D eigenvalue weighted by Crippen LogP contribution is -2.53. The molecule has 4 heteroatoms. The van der Waals surface area contributed by atoms with Gasteiger partial charge in [0.25, 0.3) is 0 Å². The van der Waals surface area contributed by atoms with Gasteiger partial charge in [0.1, 0.15) is 5.54 Å². The van der Waals surface area contributed by atoms with Crippen molar-refractivity contribution >= 4 is 5.91 Å². The van der Waals surface area contributed by atoms with Crippen molar-refractivity contribution in [3.63, 3.8) is 0 Å². The lowest BCUT2D eigenvalue weighted by molar-refractivity contribution is -0.130. The van der Waals surface area contributed by atoms with Gasteiger partial charge in [-0.05, 0) is 26.4 Å². The Hall–Kier alpha value is -1.08. The standard InChI is InChI=1S/C9H15N3O/c1-11-8(13)9(5-6-10)4-3-7-12(9)2/h3-5,7H2,1-2H3,(H,11,13)/t9-/m1/s1/i1D,2D. The van der Waals surface area contributed by atoms with Crippen LogP contribution in [0.5, 0.6) is 0 Å². The van der Waals surface area contributed by atoms with Gasteiger partial charge in [0.2, 0.25) is 5.91 Å². The Morgan fingerprint density at radius 1 is 1.92 bits per heavy atom. The highest BCUT2D eigenvalue weighted by atomic mass is 16.2. The average molecular weight is 183 g/mol. The molecule has 4 nitrogen and oxygen atoms in total. The van der Waals surface area contributed by atoms with Crippen LogP contribution in [0.25, 0.3) is 0 Å². The Kier molecular flexibility index (Phi) is 2.12. The van der Waals surface area contributed by atoms with Crippen LogP contribution in [0.3, 0.4) is 0 Å². The summed E-state index contributed by atoms with van der Waals surface area (Å²) >= 11 is 0. The number of hydrogen-bond donors (Lipinski definition) is 1. The molecule has 0 spiro atoms. The third-order valence-electron chi connectivity index (χ3n) is 2.58. The molecule has 0 aromatic heterocycles. The summed E-state index contributed by atoms with van der Waals surface area (Å²) in [4.78, 5) is 13.5. The van der Waals surface area contributed by atoms with E-state index < -0.39 is 5.54 Å². The summed E-state index contributed by atoms with van der Waals surface area (Å²) in [5, 5.41) is 11.2. The summed E-state index contributed by atoms with van der Waals surface area (Å²) < 4.78 is 14.3. The van der Waals surface area contributed by atoms with E-state index in [1.165, 1.54) is 0 Å². The largest absolute Gasteiger partial charge is 0.358 e. The van der Waals surface area contributed by atoms with E-state index in [4.69, 9.17) is 8.00 Å². The number of carbonyl (C=O) groups is 1. The molecule has 0 unspecified atom stereocenters. The SMILES string of the molecule is [2H]CNC(=O)[C@]1(CC#N)CCCN1C[2H]. The van der Waals surface area contributed by atoms with E-state index in [2.05, 4.69) is 5.32 Å². The summed E-state index contributed by atoms with van der Waals surface area (Å²) in [6.45, 7) is 0.677. The molecule has 0 aromatic rings. The van der Waals surface area contributed by atoms with Crippen molar-refractivity contribution in [2.75, 3.05) is 20.6 Å². The van der Waals surface area contributed by atoms with Crippen molar-refractivity contribution in [2.45, 2.75) is 24.8 Å². The van der Waals surface area contributed by atoms with E-state index in [9.17, 15) is 4.79 Å². The topological polar surface area (TPSA) is 56.1 Å². The smallest absolute Gasteiger partial charge is 0.241 e. The minimum Gasteiger partial charge on any atom is -0.358 e. The molecule has 1 fully saturated rings. The number of nitrogens with zero attached hydrogens (tertiary/aromatic N) is 2. The number of likely N-dealkylation sites (tertiary alicyclic amines) is 1. The van der Waals surface area contributed by atoms with E-state index in [0.29, 0.717) is 13.0 Å². The fraction of sp³-hybridized carbons (Fsp3) is 0.778. The maximum atomic E-state index is 11.8. The second-order valence-corrected chi connectivity index (χ2v) is 3.24. The first-order valence-electron chi connectivity index (χ1n) is 5.61. The highest BCUT2D eigenvalue weighted by Crippen LogP contribution is 2.30. The summed E-state index contributed by atoms with van der Waals surface area (Å²) in [6, 6.07) is 2.01. The summed E-state index contributed by atoms with van der Waals surface area (Å²) in [5.41, 5.74) is -0.864. The normalized spacial score (nSPS) is 30.4. The van der Waals surface area contributed by atoms with Crippen LogP contribution in [-0.4, -0.2) is 36.9 Å². The third kappa shape index (κ3) is 1.52. The molecule has 1 atom stereocenters. The molecule has 0 radical (unpaired) electrons. The van der Waals surface area contributed by atoms with Crippen molar-refractivity contribution in [2.24, 2.45) is 0 Å².